The van der Waals surface area contributed by atoms with E-state index in [1.807, 2.05) is 66.7 Å². The summed E-state index contributed by atoms with van der Waals surface area (Å²) in [5, 5.41) is 0. The second-order valence-electron chi connectivity index (χ2n) is 12.6. The largest absolute Gasteiger partial charge is 0.489 e. The molecule has 4 fully saturated rings. The maximum absolute atomic E-state index is 14.8. The lowest BCUT2D eigenvalue weighted by Crippen LogP contribution is -2.68. The molecule has 1 saturated carbocycles. The van der Waals surface area contributed by atoms with E-state index in [1.54, 1.807) is 0 Å². The number of fused-ring (bicyclic) bond motifs is 2. The Kier molecular flexibility index (Phi) is 4.90. The molecule has 42 heavy (non-hydrogen) atoms. The van der Waals surface area contributed by atoms with Crippen LogP contribution in [0.1, 0.15) is 49.0 Å². The van der Waals surface area contributed by atoms with Crippen molar-refractivity contribution in [1.29, 1.82) is 0 Å². The number of rotatable bonds is 2. The summed E-state index contributed by atoms with van der Waals surface area (Å²) in [7, 11) is 0. The number of ketones is 2. The summed E-state index contributed by atoms with van der Waals surface area (Å²) in [6, 6.07) is 19.3. The standard InChI is InChI=1S/C34H28O8/c35-21-14-22(16-7-3-1-4-8-16)40-33-28(21)19-12-26(37)42-32(19)29-18-11-25-34(30(29)33,20-13-27(38)41-31(18)20)24(36)15-23(39-25)17-9-5-2-6-10-17/h1-11,18-20,22-23,29-32H,12-15H2/t18?,19-,20+,22+,23+,29-,30+,31+,32-,34?/m1/s1. The van der Waals surface area contributed by atoms with Gasteiger partial charge in [0.15, 0.2) is 11.6 Å². The molecular formula is C34H28O8. The highest BCUT2D eigenvalue weighted by atomic mass is 16.6. The highest BCUT2D eigenvalue weighted by molar-refractivity contribution is 6.00. The van der Waals surface area contributed by atoms with Crippen molar-refractivity contribution in [3.8, 4) is 0 Å². The maximum atomic E-state index is 14.8. The van der Waals surface area contributed by atoms with Crippen molar-refractivity contribution in [1.82, 2.24) is 0 Å². The van der Waals surface area contributed by atoms with Crippen LogP contribution in [-0.4, -0.2) is 35.7 Å². The second kappa shape index (κ2) is 8.43. The van der Waals surface area contributed by atoms with E-state index in [0.717, 1.165) is 11.1 Å². The highest BCUT2D eigenvalue weighted by Crippen LogP contribution is 2.71. The van der Waals surface area contributed by atoms with Crippen molar-refractivity contribution in [3.63, 3.8) is 0 Å². The van der Waals surface area contributed by atoms with Gasteiger partial charge in [-0.25, -0.2) is 0 Å². The Balaban J connectivity index is 1.25. The van der Waals surface area contributed by atoms with Gasteiger partial charge in [-0.05, 0) is 17.2 Å². The Hall–Kier alpha value is -4.20. The van der Waals surface area contributed by atoms with Crippen molar-refractivity contribution in [2.24, 2.45) is 35.0 Å². The summed E-state index contributed by atoms with van der Waals surface area (Å²) in [5.74, 6) is -2.11. The van der Waals surface area contributed by atoms with Crippen LogP contribution < -0.4 is 0 Å². The van der Waals surface area contributed by atoms with Crippen molar-refractivity contribution in [3.05, 3.63) is 95.0 Å². The second-order valence-corrected chi connectivity index (χ2v) is 12.6. The number of allylic oxidation sites excluding steroid dienone is 2. The molecule has 4 aliphatic carbocycles. The molecule has 2 bridgehead atoms. The third kappa shape index (κ3) is 3.02. The first-order chi connectivity index (χ1) is 20.4. The summed E-state index contributed by atoms with van der Waals surface area (Å²) in [5.41, 5.74) is 0.981. The molecule has 8 heteroatoms. The van der Waals surface area contributed by atoms with Crippen LogP contribution >= 0.6 is 0 Å². The average molecular weight is 565 g/mol. The Labute approximate surface area is 241 Å². The van der Waals surface area contributed by atoms with Crippen LogP contribution in [-0.2, 0) is 38.1 Å². The Morgan fingerprint density at radius 3 is 2.02 bits per heavy atom. The summed E-state index contributed by atoms with van der Waals surface area (Å²) >= 11 is 0. The Bertz CT molecular complexity index is 1630. The molecule has 10 rings (SSSR count). The monoisotopic (exact) mass is 564 g/mol. The van der Waals surface area contributed by atoms with E-state index < -0.39 is 47.6 Å². The van der Waals surface area contributed by atoms with Crippen LogP contribution in [0.2, 0.25) is 0 Å². The third-order valence-corrected chi connectivity index (χ3v) is 10.8. The first kappa shape index (κ1) is 24.4. The van der Waals surface area contributed by atoms with Crippen LogP contribution in [0.4, 0.5) is 0 Å². The van der Waals surface area contributed by atoms with Crippen LogP contribution in [0.25, 0.3) is 0 Å². The normalized spacial score (nSPS) is 40.9. The van der Waals surface area contributed by atoms with Crippen molar-refractivity contribution < 1.29 is 38.1 Å². The van der Waals surface area contributed by atoms with E-state index in [9.17, 15) is 19.2 Å². The lowest BCUT2D eigenvalue weighted by atomic mass is 9.41. The van der Waals surface area contributed by atoms with E-state index in [1.165, 1.54) is 0 Å². The number of carbonyl (C=O) groups is 4. The number of carbonyl (C=O) groups excluding carboxylic acids is 4. The van der Waals surface area contributed by atoms with Gasteiger partial charge in [-0.1, -0.05) is 60.7 Å². The number of benzene rings is 2. The van der Waals surface area contributed by atoms with Gasteiger partial charge in [-0.15, -0.1) is 0 Å². The molecule has 0 N–H and O–H groups in total. The topological polar surface area (TPSA) is 105 Å². The van der Waals surface area contributed by atoms with Crippen molar-refractivity contribution >= 4 is 23.5 Å². The maximum Gasteiger partial charge on any atom is 0.306 e. The zero-order valence-corrected chi connectivity index (χ0v) is 22.6. The van der Waals surface area contributed by atoms with Crippen LogP contribution in [0.15, 0.2) is 83.8 Å². The quantitative estimate of drug-likeness (QED) is 0.497. The predicted molar refractivity (Wildman–Crippen MR) is 144 cm³/mol. The molecule has 2 aromatic rings. The zero-order valence-electron chi connectivity index (χ0n) is 22.6. The van der Waals surface area contributed by atoms with Gasteiger partial charge < -0.3 is 18.9 Å². The minimum atomic E-state index is -1.26. The predicted octanol–water partition coefficient (Wildman–Crippen LogP) is 4.33. The summed E-state index contributed by atoms with van der Waals surface area (Å²) in [4.78, 5) is 54.4. The molecule has 3 saturated heterocycles. The zero-order chi connectivity index (χ0) is 28.3. The molecule has 2 unspecified atom stereocenters. The van der Waals surface area contributed by atoms with Gasteiger partial charge in [-0.2, -0.15) is 0 Å². The molecule has 4 heterocycles. The van der Waals surface area contributed by atoms with Gasteiger partial charge in [0.05, 0.1) is 19.3 Å². The van der Waals surface area contributed by atoms with Crippen molar-refractivity contribution in [2.75, 3.05) is 0 Å². The Morgan fingerprint density at radius 2 is 1.31 bits per heavy atom. The Morgan fingerprint density at radius 1 is 0.667 bits per heavy atom. The minimum absolute atomic E-state index is 0.0530. The molecule has 4 aliphatic heterocycles. The van der Waals surface area contributed by atoms with Gasteiger partial charge in [0, 0.05) is 41.6 Å². The average Bonchev–Trinajstić information content (AvgIpc) is 3.60. The molecule has 1 spiro atoms. The van der Waals surface area contributed by atoms with Gasteiger partial charge in [-0.3, -0.25) is 19.2 Å². The summed E-state index contributed by atoms with van der Waals surface area (Å²) in [6.07, 6.45) is 0.251. The molecule has 0 amide bonds. The van der Waals surface area contributed by atoms with Crippen molar-refractivity contribution in [2.45, 2.75) is 50.1 Å². The van der Waals surface area contributed by atoms with E-state index in [0.29, 0.717) is 17.1 Å². The fourth-order valence-electron chi connectivity index (χ4n) is 9.35. The summed E-state index contributed by atoms with van der Waals surface area (Å²) < 4.78 is 25.4. The number of hydrogen-bond acceptors (Lipinski definition) is 8. The first-order valence-corrected chi connectivity index (χ1v) is 14.8. The fraction of sp³-hybridized carbons (Fsp3) is 0.412. The number of Topliss-reactive ketones (excluding diaryl/α,β-unsaturated/α-hetero) is 2. The number of ether oxygens (including phenoxy) is 4. The molecule has 8 aliphatic rings. The highest BCUT2D eigenvalue weighted by Gasteiger charge is 2.77. The van der Waals surface area contributed by atoms with Crippen LogP contribution in [0.3, 0.4) is 0 Å². The van der Waals surface area contributed by atoms with Crippen LogP contribution in [0, 0.1) is 35.0 Å². The number of esters is 2. The van der Waals surface area contributed by atoms with Crippen LogP contribution in [0.5, 0.6) is 0 Å². The lowest BCUT2D eigenvalue weighted by Gasteiger charge is -2.63. The van der Waals surface area contributed by atoms with E-state index >= 15 is 0 Å². The van der Waals surface area contributed by atoms with Gasteiger partial charge in [0.2, 0.25) is 0 Å². The first-order valence-electron chi connectivity index (χ1n) is 14.8. The van der Waals surface area contributed by atoms with Gasteiger partial charge >= 0.3 is 11.9 Å². The van der Waals surface area contributed by atoms with E-state index in [-0.39, 0.29) is 61.0 Å². The molecule has 0 aromatic heterocycles. The fourth-order valence-corrected chi connectivity index (χ4v) is 9.35. The SMILES string of the molecule is O=C1C[C@@H]2C3=C(O[C@H](c4ccccc4)CC3=O)[C@@H]3[C@@H](C4C=C5O[C@H](c6ccccc6)CC(=O)C53[C@H]3CC(=O)O[C@@H]43)[C@@H]2O1. The van der Waals surface area contributed by atoms with Gasteiger partial charge in [0.25, 0.3) is 0 Å². The number of hydrogen-bond donors (Lipinski definition) is 0. The molecular weight excluding hydrogens is 536 g/mol. The molecule has 0 radical (unpaired) electrons. The molecule has 2 aromatic carbocycles. The third-order valence-electron chi connectivity index (χ3n) is 10.8. The minimum Gasteiger partial charge on any atom is -0.489 e. The molecule has 212 valence electrons. The smallest absolute Gasteiger partial charge is 0.306 e. The summed E-state index contributed by atoms with van der Waals surface area (Å²) in [6.45, 7) is 0. The molecule has 8 nitrogen and oxygen atoms in total. The van der Waals surface area contributed by atoms with Gasteiger partial charge in [0.1, 0.15) is 41.3 Å². The van der Waals surface area contributed by atoms with E-state index in [4.69, 9.17) is 18.9 Å². The van der Waals surface area contributed by atoms with E-state index in [2.05, 4.69) is 0 Å². The molecule has 10 atom stereocenters. The lowest BCUT2D eigenvalue weighted by molar-refractivity contribution is -0.198.